The van der Waals surface area contributed by atoms with Gasteiger partial charge >= 0.3 is 0 Å². The van der Waals surface area contributed by atoms with Gasteiger partial charge in [-0.25, -0.2) is 0 Å². The number of nitrogens with zero attached hydrogens (tertiary/aromatic N) is 1. The third-order valence-electron chi connectivity index (χ3n) is 3.51. The molecule has 2 N–H and O–H groups in total. The number of pyridine rings is 1. The standard InChI is InChI=1S/C17H16N2S/c1-20-14-8-6-12(7-9-14)17(18)16-11-19-10-13-4-2-3-5-15(13)16/h2-11,17H,18H2,1H3. The number of fused-ring (bicyclic) bond motifs is 1. The van der Waals surface area contributed by atoms with Gasteiger partial charge in [0.1, 0.15) is 0 Å². The van der Waals surface area contributed by atoms with Crippen LogP contribution in [0.4, 0.5) is 0 Å². The van der Waals surface area contributed by atoms with Gasteiger partial charge < -0.3 is 5.73 Å². The van der Waals surface area contributed by atoms with Crippen LogP contribution in [0.3, 0.4) is 0 Å². The Hall–Kier alpha value is -1.84. The number of thioether (sulfide) groups is 1. The van der Waals surface area contributed by atoms with Crippen LogP contribution in [0.1, 0.15) is 17.2 Å². The van der Waals surface area contributed by atoms with E-state index < -0.39 is 0 Å². The Balaban J connectivity index is 2.05. The summed E-state index contributed by atoms with van der Waals surface area (Å²) in [4.78, 5) is 5.56. The molecule has 0 aliphatic rings. The zero-order valence-electron chi connectivity index (χ0n) is 11.3. The molecular weight excluding hydrogens is 264 g/mol. The zero-order valence-corrected chi connectivity index (χ0v) is 12.1. The van der Waals surface area contributed by atoms with Gasteiger partial charge in [-0.3, -0.25) is 4.98 Å². The SMILES string of the molecule is CSc1ccc(C(N)c2cncc3ccccc23)cc1. The van der Waals surface area contributed by atoms with Gasteiger partial charge in [-0.1, -0.05) is 36.4 Å². The van der Waals surface area contributed by atoms with Gasteiger partial charge in [0.15, 0.2) is 0 Å². The fraction of sp³-hybridized carbons (Fsp3) is 0.118. The maximum atomic E-state index is 6.43. The summed E-state index contributed by atoms with van der Waals surface area (Å²) in [5, 5.41) is 2.30. The molecule has 3 heteroatoms. The van der Waals surface area contributed by atoms with Crippen LogP contribution in [-0.2, 0) is 0 Å². The second-order valence-electron chi connectivity index (χ2n) is 4.70. The van der Waals surface area contributed by atoms with Crippen molar-refractivity contribution in [3.8, 4) is 0 Å². The van der Waals surface area contributed by atoms with Crippen molar-refractivity contribution in [2.75, 3.05) is 6.26 Å². The van der Waals surface area contributed by atoms with Gasteiger partial charge in [-0.15, -0.1) is 11.8 Å². The van der Waals surface area contributed by atoms with E-state index in [4.69, 9.17) is 5.73 Å². The van der Waals surface area contributed by atoms with Crippen molar-refractivity contribution in [3.63, 3.8) is 0 Å². The van der Waals surface area contributed by atoms with Crippen molar-refractivity contribution >= 4 is 22.5 Å². The lowest BCUT2D eigenvalue weighted by Gasteiger charge is -2.15. The molecule has 1 atom stereocenters. The van der Waals surface area contributed by atoms with Crippen molar-refractivity contribution in [2.45, 2.75) is 10.9 Å². The number of hydrogen-bond donors (Lipinski definition) is 1. The normalized spacial score (nSPS) is 12.5. The first kappa shape index (κ1) is 13.2. The summed E-state index contributed by atoms with van der Waals surface area (Å²) >= 11 is 1.73. The largest absolute Gasteiger partial charge is 0.320 e. The molecule has 0 aliphatic carbocycles. The molecule has 0 fully saturated rings. The second-order valence-corrected chi connectivity index (χ2v) is 5.58. The molecule has 2 nitrogen and oxygen atoms in total. The fourth-order valence-corrected chi connectivity index (χ4v) is 2.79. The van der Waals surface area contributed by atoms with Crippen molar-refractivity contribution in [2.24, 2.45) is 5.73 Å². The Morgan fingerprint density at radius 2 is 1.75 bits per heavy atom. The number of aromatic nitrogens is 1. The van der Waals surface area contributed by atoms with Crippen molar-refractivity contribution in [1.29, 1.82) is 0 Å². The first-order valence-electron chi connectivity index (χ1n) is 6.52. The zero-order chi connectivity index (χ0) is 13.9. The molecule has 0 spiro atoms. The van der Waals surface area contributed by atoms with Gasteiger partial charge in [0.25, 0.3) is 0 Å². The molecular formula is C17H16N2S. The van der Waals surface area contributed by atoms with E-state index in [9.17, 15) is 0 Å². The predicted octanol–water partition coefficient (Wildman–Crippen LogP) is 4.00. The Morgan fingerprint density at radius 1 is 1.00 bits per heavy atom. The van der Waals surface area contributed by atoms with E-state index in [1.165, 1.54) is 10.3 Å². The van der Waals surface area contributed by atoms with Gasteiger partial charge in [0, 0.05) is 22.7 Å². The van der Waals surface area contributed by atoms with E-state index >= 15 is 0 Å². The van der Waals surface area contributed by atoms with E-state index in [0.29, 0.717) is 0 Å². The molecule has 1 aromatic heterocycles. The highest BCUT2D eigenvalue weighted by Crippen LogP contribution is 2.27. The van der Waals surface area contributed by atoms with Gasteiger partial charge in [0.2, 0.25) is 0 Å². The van der Waals surface area contributed by atoms with E-state index in [1.807, 2.05) is 24.5 Å². The van der Waals surface area contributed by atoms with Gasteiger partial charge in [-0.2, -0.15) is 0 Å². The van der Waals surface area contributed by atoms with Crippen molar-refractivity contribution in [1.82, 2.24) is 4.98 Å². The molecule has 3 rings (SSSR count). The summed E-state index contributed by atoms with van der Waals surface area (Å²) in [6.45, 7) is 0. The van der Waals surface area contributed by atoms with E-state index in [2.05, 4.69) is 47.6 Å². The lowest BCUT2D eigenvalue weighted by atomic mass is 9.96. The maximum absolute atomic E-state index is 6.43. The molecule has 0 amide bonds. The first-order valence-corrected chi connectivity index (χ1v) is 7.74. The highest BCUT2D eigenvalue weighted by molar-refractivity contribution is 7.98. The predicted molar refractivity (Wildman–Crippen MR) is 86.0 cm³/mol. The number of rotatable bonds is 3. The summed E-state index contributed by atoms with van der Waals surface area (Å²) in [6, 6.07) is 16.5. The molecule has 1 heterocycles. The van der Waals surface area contributed by atoms with Crippen molar-refractivity contribution in [3.05, 3.63) is 72.1 Å². The highest BCUT2D eigenvalue weighted by Gasteiger charge is 2.12. The Kier molecular flexibility index (Phi) is 3.72. The van der Waals surface area contributed by atoms with Crippen LogP contribution in [0.5, 0.6) is 0 Å². The lowest BCUT2D eigenvalue weighted by Crippen LogP contribution is -2.12. The molecule has 0 saturated carbocycles. The molecule has 3 aromatic rings. The van der Waals surface area contributed by atoms with Crippen LogP contribution in [0.15, 0.2) is 65.8 Å². The van der Waals surface area contributed by atoms with Crippen LogP contribution in [0, 0.1) is 0 Å². The Morgan fingerprint density at radius 3 is 2.50 bits per heavy atom. The van der Waals surface area contributed by atoms with E-state index in [0.717, 1.165) is 16.5 Å². The summed E-state index contributed by atoms with van der Waals surface area (Å²) < 4.78 is 0. The molecule has 1 unspecified atom stereocenters. The topological polar surface area (TPSA) is 38.9 Å². The van der Waals surface area contributed by atoms with Crippen LogP contribution < -0.4 is 5.73 Å². The van der Waals surface area contributed by atoms with Crippen LogP contribution in [0.2, 0.25) is 0 Å². The van der Waals surface area contributed by atoms with Crippen LogP contribution in [-0.4, -0.2) is 11.2 Å². The molecule has 20 heavy (non-hydrogen) atoms. The third kappa shape index (κ3) is 2.42. The minimum atomic E-state index is -0.149. The first-order chi connectivity index (χ1) is 9.79. The molecule has 0 bridgehead atoms. The maximum Gasteiger partial charge on any atom is 0.0573 e. The second kappa shape index (κ2) is 5.65. The molecule has 100 valence electrons. The summed E-state index contributed by atoms with van der Waals surface area (Å²) in [5.74, 6) is 0. The van der Waals surface area contributed by atoms with Gasteiger partial charge in [0.05, 0.1) is 6.04 Å². The minimum Gasteiger partial charge on any atom is -0.320 e. The molecule has 0 radical (unpaired) electrons. The van der Waals surface area contributed by atoms with Crippen LogP contribution >= 0.6 is 11.8 Å². The monoisotopic (exact) mass is 280 g/mol. The summed E-state index contributed by atoms with van der Waals surface area (Å²) in [7, 11) is 0. The van der Waals surface area contributed by atoms with Crippen LogP contribution in [0.25, 0.3) is 10.8 Å². The Labute approximate surface area is 123 Å². The molecule has 2 aromatic carbocycles. The van der Waals surface area contributed by atoms with E-state index in [-0.39, 0.29) is 6.04 Å². The number of hydrogen-bond acceptors (Lipinski definition) is 3. The number of benzene rings is 2. The molecule has 0 saturated heterocycles. The minimum absolute atomic E-state index is 0.149. The van der Waals surface area contributed by atoms with E-state index in [1.54, 1.807) is 11.8 Å². The average molecular weight is 280 g/mol. The smallest absolute Gasteiger partial charge is 0.0573 e. The third-order valence-corrected chi connectivity index (χ3v) is 4.25. The Bertz CT molecular complexity index is 717. The fourth-order valence-electron chi connectivity index (χ4n) is 2.38. The van der Waals surface area contributed by atoms with Gasteiger partial charge in [-0.05, 0) is 34.9 Å². The average Bonchev–Trinajstić information content (AvgIpc) is 2.54. The summed E-state index contributed by atoms with van der Waals surface area (Å²) in [6.07, 6.45) is 5.82. The number of nitrogens with two attached hydrogens (primary N) is 1. The summed E-state index contributed by atoms with van der Waals surface area (Å²) in [5.41, 5.74) is 8.61. The van der Waals surface area contributed by atoms with Crippen molar-refractivity contribution < 1.29 is 0 Å². The highest BCUT2D eigenvalue weighted by atomic mass is 32.2. The lowest BCUT2D eigenvalue weighted by molar-refractivity contribution is 0.872. The quantitative estimate of drug-likeness (QED) is 0.737. The molecule has 0 aliphatic heterocycles.